The van der Waals surface area contributed by atoms with Gasteiger partial charge in [-0.3, -0.25) is 4.79 Å². The first-order valence-corrected chi connectivity index (χ1v) is 8.13. The lowest BCUT2D eigenvalue weighted by Gasteiger charge is -2.37. The van der Waals surface area contributed by atoms with Gasteiger partial charge in [0.05, 0.1) is 5.92 Å². The molecular formula is C16H29ClN2O. The second-order valence-corrected chi connectivity index (χ2v) is 7.48. The molecule has 0 spiro atoms. The monoisotopic (exact) mass is 300 g/mol. The molecule has 20 heavy (non-hydrogen) atoms. The van der Waals surface area contributed by atoms with Crippen molar-refractivity contribution >= 4 is 18.3 Å². The Kier molecular flexibility index (Phi) is 5.01. The molecule has 3 aliphatic rings. The van der Waals surface area contributed by atoms with Crippen molar-refractivity contribution < 1.29 is 4.79 Å². The zero-order chi connectivity index (χ0) is 13.5. The zero-order valence-electron chi connectivity index (χ0n) is 12.6. The van der Waals surface area contributed by atoms with E-state index >= 15 is 0 Å². The van der Waals surface area contributed by atoms with Gasteiger partial charge in [0.2, 0.25) is 5.91 Å². The van der Waals surface area contributed by atoms with Crippen LogP contribution in [0.1, 0.15) is 58.3 Å². The van der Waals surface area contributed by atoms with Crippen LogP contribution >= 0.6 is 12.4 Å². The molecule has 3 aliphatic carbocycles. The van der Waals surface area contributed by atoms with Crippen molar-refractivity contribution in [2.24, 2.45) is 29.4 Å². The lowest BCUT2D eigenvalue weighted by atomic mass is 9.74. The molecule has 5 atom stereocenters. The molecule has 3 nitrogen and oxygen atoms in total. The fourth-order valence-electron chi connectivity index (χ4n) is 4.77. The van der Waals surface area contributed by atoms with Gasteiger partial charge in [-0.25, -0.2) is 0 Å². The van der Waals surface area contributed by atoms with Crippen LogP contribution in [0.25, 0.3) is 0 Å². The van der Waals surface area contributed by atoms with Gasteiger partial charge >= 0.3 is 0 Å². The highest BCUT2D eigenvalue weighted by Gasteiger charge is 2.41. The van der Waals surface area contributed by atoms with Gasteiger partial charge in [0.1, 0.15) is 0 Å². The minimum atomic E-state index is -0.295. The van der Waals surface area contributed by atoms with Crippen molar-refractivity contribution in [3.05, 3.63) is 0 Å². The highest BCUT2D eigenvalue weighted by Crippen LogP contribution is 2.48. The summed E-state index contributed by atoms with van der Waals surface area (Å²) in [4.78, 5) is 12.4. The number of halogens is 1. The molecule has 3 N–H and O–H groups in total. The molecule has 0 aliphatic heterocycles. The van der Waals surface area contributed by atoms with Crippen molar-refractivity contribution in [1.29, 1.82) is 0 Å². The number of carbonyl (C=O) groups is 1. The SMILES string of the molecule is CC1(N)CCCCC1C(=O)NCC1CC2CCC1C2.Cl. The second kappa shape index (κ2) is 6.23. The summed E-state index contributed by atoms with van der Waals surface area (Å²) >= 11 is 0. The number of amides is 1. The highest BCUT2D eigenvalue weighted by atomic mass is 35.5. The predicted molar refractivity (Wildman–Crippen MR) is 83.7 cm³/mol. The van der Waals surface area contributed by atoms with Crippen molar-refractivity contribution in [1.82, 2.24) is 5.32 Å². The summed E-state index contributed by atoms with van der Waals surface area (Å²) in [6.07, 6.45) is 9.85. The first kappa shape index (κ1) is 16.1. The smallest absolute Gasteiger partial charge is 0.224 e. The summed E-state index contributed by atoms with van der Waals surface area (Å²) in [5.74, 6) is 2.84. The molecule has 0 heterocycles. The zero-order valence-corrected chi connectivity index (χ0v) is 13.4. The lowest BCUT2D eigenvalue weighted by molar-refractivity contribution is -0.128. The van der Waals surface area contributed by atoms with Gasteiger partial charge in [0.15, 0.2) is 0 Å². The third-order valence-electron chi connectivity index (χ3n) is 5.99. The second-order valence-electron chi connectivity index (χ2n) is 7.48. The molecule has 3 rings (SSSR count). The van der Waals surface area contributed by atoms with Crippen LogP contribution in [0, 0.1) is 23.7 Å². The van der Waals surface area contributed by atoms with E-state index in [2.05, 4.69) is 5.32 Å². The van der Waals surface area contributed by atoms with Crippen LogP contribution in [-0.2, 0) is 4.79 Å². The average Bonchev–Trinajstić information content (AvgIpc) is 2.97. The Morgan fingerprint density at radius 3 is 2.65 bits per heavy atom. The van der Waals surface area contributed by atoms with E-state index < -0.39 is 0 Å². The summed E-state index contributed by atoms with van der Waals surface area (Å²) in [6, 6.07) is 0. The molecule has 1 amide bonds. The van der Waals surface area contributed by atoms with E-state index in [0.29, 0.717) is 0 Å². The molecule has 0 aromatic heterocycles. The molecule has 3 fully saturated rings. The summed E-state index contributed by atoms with van der Waals surface area (Å²) in [5, 5.41) is 3.22. The highest BCUT2D eigenvalue weighted by molar-refractivity contribution is 5.85. The van der Waals surface area contributed by atoms with E-state index in [1.807, 2.05) is 6.92 Å². The minimum absolute atomic E-state index is 0. The van der Waals surface area contributed by atoms with E-state index in [4.69, 9.17) is 5.73 Å². The van der Waals surface area contributed by atoms with Crippen LogP contribution in [0.4, 0.5) is 0 Å². The summed E-state index contributed by atoms with van der Waals surface area (Å²) < 4.78 is 0. The van der Waals surface area contributed by atoms with E-state index in [0.717, 1.165) is 43.6 Å². The van der Waals surface area contributed by atoms with Crippen LogP contribution in [-0.4, -0.2) is 18.0 Å². The topological polar surface area (TPSA) is 55.1 Å². The average molecular weight is 301 g/mol. The van der Waals surface area contributed by atoms with E-state index in [-0.39, 0.29) is 29.8 Å². The maximum atomic E-state index is 12.4. The lowest BCUT2D eigenvalue weighted by Crippen LogP contribution is -2.53. The molecule has 0 saturated heterocycles. The van der Waals surface area contributed by atoms with Crippen molar-refractivity contribution in [2.45, 2.75) is 63.8 Å². The number of hydrogen-bond donors (Lipinski definition) is 2. The molecule has 3 saturated carbocycles. The predicted octanol–water partition coefficient (Wildman–Crippen LogP) is 2.87. The summed E-state index contributed by atoms with van der Waals surface area (Å²) in [5.41, 5.74) is 6.01. The van der Waals surface area contributed by atoms with Gasteiger partial charge in [-0.15, -0.1) is 12.4 Å². The largest absolute Gasteiger partial charge is 0.356 e. The van der Waals surface area contributed by atoms with Crippen LogP contribution in [0.15, 0.2) is 0 Å². The molecule has 0 aromatic carbocycles. The summed E-state index contributed by atoms with van der Waals surface area (Å²) in [7, 11) is 0. The third kappa shape index (κ3) is 3.14. The van der Waals surface area contributed by atoms with E-state index in [9.17, 15) is 4.79 Å². The quantitative estimate of drug-likeness (QED) is 0.842. The number of hydrogen-bond acceptors (Lipinski definition) is 2. The summed E-state index contributed by atoms with van der Waals surface area (Å²) in [6.45, 7) is 2.94. The van der Waals surface area contributed by atoms with Gasteiger partial charge in [-0.05, 0) is 56.8 Å². The van der Waals surface area contributed by atoms with E-state index in [1.54, 1.807) is 0 Å². The molecule has 0 aromatic rings. The maximum Gasteiger partial charge on any atom is 0.224 e. The normalized spacial score (nSPS) is 43.1. The van der Waals surface area contributed by atoms with Crippen LogP contribution in [0.5, 0.6) is 0 Å². The molecule has 5 unspecified atom stereocenters. The molecule has 2 bridgehead atoms. The molecule has 0 radical (unpaired) electrons. The Balaban J connectivity index is 0.00000147. The number of fused-ring (bicyclic) bond motifs is 2. The molecule has 4 heteroatoms. The van der Waals surface area contributed by atoms with Gasteiger partial charge in [-0.1, -0.05) is 19.3 Å². The standard InChI is InChI=1S/C16H28N2O.ClH/c1-16(17)7-3-2-4-14(16)15(19)18-10-13-9-11-5-6-12(13)8-11;/h11-14H,2-10,17H2,1H3,(H,18,19);1H. The van der Waals surface area contributed by atoms with Gasteiger partial charge in [-0.2, -0.15) is 0 Å². The third-order valence-corrected chi connectivity index (χ3v) is 5.99. The first-order valence-electron chi connectivity index (χ1n) is 8.13. The number of carbonyl (C=O) groups excluding carboxylic acids is 1. The maximum absolute atomic E-state index is 12.4. The van der Waals surface area contributed by atoms with E-state index in [1.165, 1.54) is 32.1 Å². The Bertz CT molecular complexity index is 358. The number of nitrogens with two attached hydrogens (primary N) is 1. The Morgan fingerprint density at radius 2 is 2.05 bits per heavy atom. The Labute approximate surface area is 128 Å². The van der Waals surface area contributed by atoms with Crippen LogP contribution < -0.4 is 11.1 Å². The van der Waals surface area contributed by atoms with Gasteiger partial charge in [0.25, 0.3) is 0 Å². The Morgan fingerprint density at radius 1 is 1.25 bits per heavy atom. The fourth-order valence-corrected chi connectivity index (χ4v) is 4.77. The number of nitrogens with one attached hydrogen (secondary N) is 1. The number of rotatable bonds is 3. The Hall–Kier alpha value is -0.280. The minimum Gasteiger partial charge on any atom is -0.356 e. The van der Waals surface area contributed by atoms with Crippen molar-refractivity contribution in [3.63, 3.8) is 0 Å². The van der Waals surface area contributed by atoms with Gasteiger partial charge in [0, 0.05) is 12.1 Å². The van der Waals surface area contributed by atoms with Gasteiger partial charge < -0.3 is 11.1 Å². The van der Waals surface area contributed by atoms with Crippen molar-refractivity contribution in [3.8, 4) is 0 Å². The molecule has 116 valence electrons. The fraction of sp³-hybridized carbons (Fsp3) is 0.938. The van der Waals surface area contributed by atoms with Crippen molar-refractivity contribution in [2.75, 3.05) is 6.54 Å². The van der Waals surface area contributed by atoms with Crippen LogP contribution in [0.2, 0.25) is 0 Å². The first-order chi connectivity index (χ1) is 9.06. The molecular weight excluding hydrogens is 272 g/mol. The van der Waals surface area contributed by atoms with Crippen LogP contribution in [0.3, 0.4) is 0 Å².